The van der Waals surface area contributed by atoms with E-state index in [0.717, 1.165) is 0 Å². The molecule has 3 rings (SSSR count). The van der Waals surface area contributed by atoms with E-state index in [9.17, 15) is 14.0 Å². The summed E-state index contributed by atoms with van der Waals surface area (Å²) in [6.45, 7) is 0.108. The quantitative estimate of drug-likeness (QED) is 0.743. The molecule has 24 heavy (non-hydrogen) atoms. The van der Waals surface area contributed by atoms with E-state index in [1.165, 1.54) is 16.8 Å². The molecule has 1 N–H and O–H groups in total. The van der Waals surface area contributed by atoms with Crippen molar-refractivity contribution in [3.05, 3.63) is 74.4 Å². The Bertz CT molecular complexity index is 1000. The number of carbonyl (C=O) groups is 1. The number of hydrogen-bond acceptors (Lipinski definition) is 3. The number of carboxylic acid groups (broad SMARTS) is 1. The summed E-state index contributed by atoms with van der Waals surface area (Å²) >= 11 is 3.26. The Morgan fingerprint density at radius 1 is 1.21 bits per heavy atom. The molecule has 2 aromatic carbocycles. The maximum atomic E-state index is 13.2. The predicted molar refractivity (Wildman–Crippen MR) is 90.5 cm³/mol. The zero-order chi connectivity index (χ0) is 17.3. The average molecular weight is 391 g/mol. The van der Waals surface area contributed by atoms with Gasteiger partial charge in [0, 0.05) is 9.86 Å². The van der Waals surface area contributed by atoms with Gasteiger partial charge in [-0.3, -0.25) is 9.59 Å². The minimum absolute atomic E-state index is 0.108. The van der Waals surface area contributed by atoms with E-state index in [0.29, 0.717) is 26.5 Å². The number of rotatable bonds is 4. The van der Waals surface area contributed by atoms with Crippen LogP contribution in [0.4, 0.5) is 4.39 Å². The normalized spacial score (nSPS) is 10.9. The molecule has 1 aromatic heterocycles. The smallest absolute Gasteiger partial charge is 0.309 e. The van der Waals surface area contributed by atoms with Crippen molar-refractivity contribution in [2.45, 2.75) is 13.0 Å². The van der Waals surface area contributed by atoms with Crippen molar-refractivity contribution in [3.8, 4) is 0 Å². The summed E-state index contributed by atoms with van der Waals surface area (Å²) in [5.41, 5.74) is 0.662. The lowest BCUT2D eigenvalue weighted by molar-refractivity contribution is -0.136. The first-order valence-corrected chi connectivity index (χ1v) is 7.89. The first kappa shape index (κ1) is 16.3. The monoisotopic (exact) mass is 390 g/mol. The number of hydrogen-bond donors (Lipinski definition) is 1. The van der Waals surface area contributed by atoms with Crippen LogP contribution in [0.1, 0.15) is 11.3 Å². The van der Waals surface area contributed by atoms with Gasteiger partial charge in [-0.15, -0.1) is 0 Å². The van der Waals surface area contributed by atoms with Gasteiger partial charge in [-0.05, 0) is 23.8 Å². The molecule has 0 bridgehead atoms. The summed E-state index contributed by atoms with van der Waals surface area (Å²) in [6, 6.07) is 10.9. The number of carboxylic acids is 1. The van der Waals surface area contributed by atoms with Crippen LogP contribution in [0.3, 0.4) is 0 Å². The van der Waals surface area contributed by atoms with Crippen LogP contribution in [0, 0.1) is 5.82 Å². The molecule has 0 radical (unpaired) electrons. The summed E-state index contributed by atoms with van der Waals surface area (Å²) in [6.07, 6.45) is -0.286. The van der Waals surface area contributed by atoms with Gasteiger partial charge < -0.3 is 5.11 Å². The standard InChI is InChI=1S/C17H12BrFN2O3/c18-14-7-11(19)6-5-10(14)9-21-17(24)13-4-2-1-3-12(13)15(20-21)8-16(22)23/h1-7H,8-9H2,(H,22,23). The van der Waals surface area contributed by atoms with E-state index in [-0.39, 0.29) is 18.5 Å². The summed E-state index contributed by atoms with van der Waals surface area (Å²) in [7, 11) is 0. The molecule has 0 aliphatic heterocycles. The highest BCUT2D eigenvalue weighted by atomic mass is 79.9. The van der Waals surface area contributed by atoms with Crippen molar-refractivity contribution in [2.75, 3.05) is 0 Å². The minimum Gasteiger partial charge on any atom is -0.481 e. The van der Waals surface area contributed by atoms with Gasteiger partial charge in [0.05, 0.1) is 24.0 Å². The molecule has 0 fully saturated rings. The molecule has 0 aliphatic rings. The third kappa shape index (κ3) is 3.21. The first-order chi connectivity index (χ1) is 11.5. The average Bonchev–Trinajstić information content (AvgIpc) is 2.54. The fraction of sp³-hybridized carbons (Fsp3) is 0.118. The van der Waals surface area contributed by atoms with E-state index < -0.39 is 11.8 Å². The Morgan fingerprint density at radius 3 is 2.58 bits per heavy atom. The van der Waals surface area contributed by atoms with Crippen LogP contribution in [-0.2, 0) is 17.8 Å². The van der Waals surface area contributed by atoms with Crippen molar-refractivity contribution in [1.82, 2.24) is 9.78 Å². The summed E-state index contributed by atoms with van der Waals surface area (Å²) in [4.78, 5) is 23.7. The van der Waals surface area contributed by atoms with Crippen LogP contribution in [-0.4, -0.2) is 20.9 Å². The summed E-state index contributed by atoms with van der Waals surface area (Å²) < 4.78 is 14.9. The van der Waals surface area contributed by atoms with Crippen molar-refractivity contribution >= 4 is 32.7 Å². The Labute approximate surface area is 144 Å². The second-order valence-electron chi connectivity index (χ2n) is 5.26. The topological polar surface area (TPSA) is 72.2 Å². The first-order valence-electron chi connectivity index (χ1n) is 7.10. The second-order valence-corrected chi connectivity index (χ2v) is 6.12. The zero-order valence-corrected chi connectivity index (χ0v) is 14.0. The lowest BCUT2D eigenvalue weighted by Crippen LogP contribution is -2.26. The van der Waals surface area contributed by atoms with Crippen LogP contribution in [0.2, 0.25) is 0 Å². The molecule has 1 heterocycles. The molecule has 0 atom stereocenters. The van der Waals surface area contributed by atoms with Gasteiger partial charge >= 0.3 is 5.97 Å². The second kappa shape index (κ2) is 6.52. The number of benzene rings is 2. The fourth-order valence-electron chi connectivity index (χ4n) is 2.50. The van der Waals surface area contributed by atoms with Crippen LogP contribution in [0.5, 0.6) is 0 Å². The molecule has 7 heteroatoms. The van der Waals surface area contributed by atoms with Crippen molar-refractivity contribution in [1.29, 1.82) is 0 Å². The van der Waals surface area contributed by atoms with Crippen LogP contribution in [0.25, 0.3) is 10.8 Å². The SMILES string of the molecule is O=C(O)Cc1nn(Cc2ccc(F)cc2Br)c(=O)c2ccccc12. The molecule has 0 unspecified atom stereocenters. The minimum atomic E-state index is -1.03. The summed E-state index contributed by atoms with van der Waals surface area (Å²) in [5.74, 6) is -1.42. The Hall–Kier alpha value is -2.54. The van der Waals surface area contributed by atoms with E-state index in [1.54, 1.807) is 30.3 Å². The Morgan fingerprint density at radius 2 is 1.92 bits per heavy atom. The van der Waals surface area contributed by atoms with E-state index in [4.69, 9.17) is 5.11 Å². The largest absolute Gasteiger partial charge is 0.481 e. The number of halogens is 2. The number of nitrogens with zero attached hydrogens (tertiary/aromatic N) is 2. The van der Waals surface area contributed by atoms with Gasteiger partial charge in [0.15, 0.2) is 0 Å². The molecule has 0 saturated heterocycles. The molecular formula is C17H12BrFN2O3. The van der Waals surface area contributed by atoms with Gasteiger partial charge in [-0.1, -0.05) is 40.2 Å². The summed E-state index contributed by atoms with van der Waals surface area (Å²) in [5, 5.41) is 14.2. The van der Waals surface area contributed by atoms with Crippen molar-refractivity contribution in [2.24, 2.45) is 0 Å². The highest BCUT2D eigenvalue weighted by molar-refractivity contribution is 9.10. The number of fused-ring (bicyclic) bond motifs is 1. The molecule has 0 amide bonds. The highest BCUT2D eigenvalue weighted by Gasteiger charge is 2.14. The third-order valence-corrected chi connectivity index (χ3v) is 4.34. The molecule has 122 valence electrons. The highest BCUT2D eigenvalue weighted by Crippen LogP contribution is 2.19. The molecule has 0 saturated carbocycles. The van der Waals surface area contributed by atoms with Crippen LogP contribution in [0.15, 0.2) is 51.7 Å². The lowest BCUT2D eigenvalue weighted by atomic mass is 10.1. The number of aliphatic carboxylic acids is 1. The van der Waals surface area contributed by atoms with E-state index in [1.807, 2.05) is 0 Å². The Kier molecular flexibility index (Phi) is 4.44. The molecule has 0 aliphatic carbocycles. The van der Waals surface area contributed by atoms with Gasteiger partial charge in [0.25, 0.3) is 5.56 Å². The van der Waals surface area contributed by atoms with Crippen LogP contribution >= 0.6 is 15.9 Å². The molecule has 5 nitrogen and oxygen atoms in total. The molecular weight excluding hydrogens is 379 g/mol. The van der Waals surface area contributed by atoms with Crippen molar-refractivity contribution < 1.29 is 14.3 Å². The van der Waals surface area contributed by atoms with E-state index in [2.05, 4.69) is 21.0 Å². The van der Waals surface area contributed by atoms with Gasteiger partial charge in [0.2, 0.25) is 0 Å². The maximum Gasteiger partial charge on any atom is 0.309 e. The predicted octanol–water partition coefficient (Wildman–Crippen LogP) is 2.97. The Balaban J connectivity index is 2.15. The maximum absolute atomic E-state index is 13.2. The molecule has 3 aromatic rings. The van der Waals surface area contributed by atoms with Gasteiger partial charge in [-0.2, -0.15) is 5.10 Å². The fourth-order valence-corrected chi connectivity index (χ4v) is 2.97. The number of aromatic nitrogens is 2. The van der Waals surface area contributed by atoms with Crippen molar-refractivity contribution in [3.63, 3.8) is 0 Å². The van der Waals surface area contributed by atoms with E-state index >= 15 is 0 Å². The lowest BCUT2D eigenvalue weighted by Gasteiger charge is -2.11. The third-order valence-electron chi connectivity index (χ3n) is 3.60. The molecule has 0 spiro atoms. The zero-order valence-electron chi connectivity index (χ0n) is 12.4. The van der Waals surface area contributed by atoms with Crippen LogP contribution < -0.4 is 5.56 Å². The van der Waals surface area contributed by atoms with Gasteiger partial charge in [0.1, 0.15) is 5.82 Å². The van der Waals surface area contributed by atoms with Gasteiger partial charge in [-0.25, -0.2) is 9.07 Å².